The van der Waals surface area contributed by atoms with Crippen LogP contribution in [0.2, 0.25) is 5.02 Å². The fourth-order valence-electron chi connectivity index (χ4n) is 5.15. The summed E-state index contributed by atoms with van der Waals surface area (Å²) in [6.07, 6.45) is 0. The second kappa shape index (κ2) is 8.17. The number of benzene rings is 3. The van der Waals surface area contributed by atoms with Crippen LogP contribution >= 0.6 is 11.6 Å². The Kier molecular flexibility index (Phi) is 5.05. The third-order valence-corrected chi connectivity index (χ3v) is 7.15. The highest BCUT2D eigenvalue weighted by Crippen LogP contribution is 2.45. The highest BCUT2D eigenvalue weighted by Gasteiger charge is 2.34. The lowest BCUT2D eigenvalue weighted by Crippen LogP contribution is -2.37. The Bertz CT molecular complexity index is 1760. The van der Waals surface area contributed by atoms with Gasteiger partial charge in [-0.2, -0.15) is 0 Å². The molecule has 8 heteroatoms. The van der Waals surface area contributed by atoms with E-state index in [1.807, 2.05) is 72.8 Å². The molecule has 1 aliphatic heterocycles. The molecule has 0 saturated heterocycles. The van der Waals surface area contributed by atoms with Gasteiger partial charge in [-0.25, -0.2) is 4.79 Å². The Labute approximate surface area is 211 Å². The van der Waals surface area contributed by atoms with Crippen molar-refractivity contribution >= 4 is 28.2 Å². The van der Waals surface area contributed by atoms with E-state index in [4.69, 9.17) is 16.3 Å². The summed E-state index contributed by atoms with van der Waals surface area (Å²) < 4.78 is 10.2. The van der Waals surface area contributed by atoms with Gasteiger partial charge in [0.1, 0.15) is 5.75 Å². The van der Waals surface area contributed by atoms with Gasteiger partial charge in [-0.3, -0.25) is 13.9 Å². The van der Waals surface area contributed by atoms with E-state index in [9.17, 15) is 9.59 Å². The number of halogens is 1. The summed E-state index contributed by atoms with van der Waals surface area (Å²) in [4.78, 5) is 26.8. The van der Waals surface area contributed by atoms with Crippen LogP contribution in [0, 0.1) is 0 Å². The van der Waals surface area contributed by atoms with Crippen LogP contribution in [0.15, 0.2) is 82.4 Å². The number of nitrogens with zero attached hydrogens (tertiary/aromatic N) is 3. The van der Waals surface area contributed by atoms with Gasteiger partial charge in [-0.15, -0.1) is 0 Å². The number of aryl methyl sites for hydroxylation is 1. The monoisotopic (exact) mass is 498 g/mol. The smallest absolute Gasteiger partial charge is 0.331 e. The minimum Gasteiger partial charge on any atom is -0.497 e. The summed E-state index contributed by atoms with van der Waals surface area (Å²) in [7, 11) is 4.86. The number of ether oxygens (including phenoxy) is 1. The van der Waals surface area contributed by atoms with Crippen LogP contribution in [0.4, 0.5) is 5.69 Å². The minimum absolute atomic E-state index is 0.327. The molecule has 0 saturated carbocycles. The number of para-hydroxylation sites is 2. The lowest BCUT2D eigenvalue weighted by atomic mass is 9.99. The van der Waals surface area contributed by atoms with Gasteiger partial charge in [0.05, 0.1) is 46.8 Å². The molecular weight excluding hydrogens is 476 g/mol. The van der Waals surface area contributed by atoms with Gasteiger partial charge in [0.25, 0.3) is 5.56 Å². The maximum Gasteiger partial charge on any atom is 0.331 e. The second-order valence-corrected chi connectivity index (χ2v) is 9.31. The summed E-state index contributed by atoms with van der Waals surface area (Å²) in [6, 6.07) is 22.9. The Morgan fingerprint density at radius 2 is 1.58 bits per heavy atom. The van der Waals surface area contributed by atoms with E-state index in [0.717, 1.165) is 44.2 Å². The lowest BCUT2D eigenvalue weighted by molar-refractivity contribution is 0.414. The zero-order chi connectivity index (χ0) is 25.1. The molecule has 0 bridgehead atoms. The Balaban J connectivity index is 1.82. The fourth-order valence-corrected chi connectivity index (χ4v) is 5.27. The Morgan fingerprint density at radius 1 is 0.889 bits per heavy atom. The predicted octanol–water partition coefficient (Wildman–Crippen LogP) is 4.87. The summed E-state index contributed by atoms with van der Waals surface area (Å²) in [5.74, 6) is 0.748. The third kappa shape index (κ3) is 3.13. The zero-order valence-electron chi connectivity index (χ0n) is 19.9. The molecule has 2 aromatic heterocycles. The van der Waals surface area contributed by atoms with Crippen LogP contribution in [-0.4, -0.2) is 20.8 Å². The van der Waals surface area contributed by atoms with E-state index < -0.39 is 0 Å². The van der Waals surface area contributed by atoms with Crippen LogP contribution in [-0.2, 0) is 14.1 Å². The summed E-state index contributed by atoms with van der Waals surface area (Å²) in [5, 5.41) is 4.73. The molecule has 0 fully saturated rings. The van der Waals surface area contributed by atoms with Crippen molar-refractivity contribution in [1.29, 1.82) is 0 Å². The number of hydrogen-bond donors (Lipinski definition) is 1. The molecule has 0 amide bonds. The van der Waals surface area contributed by atoms with Gasteiger partial charge < -0.3 is 14.6 Å². The molecule has 1 aliphatic rings. The number of aromatic nitrogens is 3. The first-order valence-corrected chi connectivity index (χ1v) is 11.9. The quantitative estimate of drug-likeness (QED) is 0.385. The van der Waals surface area contributed by atoms with Gasteiger partial charge in [0.2, 0.25) is 0 Å². The van der Waals surface area contributed by atoms with E-state index in [-0.39, 0.29) is 17.3 Å². The maximum absolute atomic E-state index is 13.7. The number of hydrogen-bond acceptors (Lipinski definition) is 4. The van der Waals surface area contributed by atoms with Gasteiger partial charge in [0, 0.05) is 19.1 Å². The van der Waals surface area contributed by atoms with Crippen LogP contribution in [0.3, 0.4) is 0 Å². The van der Waals surface area contributed by atoms with Crippen molar-refractivity contribution < 1.29 is 4.74 Å². The average molecular weight is 499 g/mol. The molecule has 180 valence electrons. The molecule has 3 heterocycles. The first-order valence-electron chi connectivity index (χ1n) is 11.5. The van der Waals surface area contributed by atoms with E-state index in [1.54, 1.807) is 18.7 Å². The van der Waals surface area contributed by atoms with Crippen molar-refractivity contribution in [2.24, 2.45) is 14.1 Å². The molecule has 36 heavy (non-hydrogen) atoms. The highest BCUT2D eigenvalue weighted by atomic mass is 35.5. The third-order valence-electron chi connectivity index (χ3n) is 6.89. The van der Waals surface area contributed by atoms with Gasteiger partial charge in [-0.05, 0) is 47.5 Å². The molecule has 3 aromatic carbocycles. The molecule has 1 unspecified atom stereocenters. The van der Waals surface area contributed by atoms with Crippen molar-refractivity contribution in [1.82, 2.24) is 13.7 Å². The van der Waals surface area contributed by atoms with Crippen molar-refractivity contribution in [3.8, 4) is 22.7 Å². The van der Waals surface area contributed by atoms with Gasteiger partial charge in [-0.1, -0.05) is 48.0 Å². The zero-order valence-corrected chi connectivity index (χ0v) is 20.7. The predicted molar refractivity (Wildman–Crippen MR) is 143 cm³/mol. The van der Waals surface area contributed by atoms with E-state index >= 15 is 0 Å². The molecule has 0 spiro atoms. The minimum atomic E-state index is -0.379. The van der Waals surface area contributed by atoms with Gasteiger partial charge >= 0.3 is 5.69 Å². The average Bonchev–Trinajstić information content (AvgIpc) is 3.27. The molecule has 6 rings (SSSR count). The maximum atomic E-state index is 13.7. The number of fused-ring (bicyclic) bond motifs is 5. The highest BCUT2D eigenvalue weighted by molar-refractivity contribution is 6.30. The molecule has 0 aliphatic carbocycles. The molecule has 1 atom stereocenters. The van der Waals surface area contributed by atoms with Crippen LogP contribution in [0.25, 0.3) is 27.8 Å². The van der Waals surface area contributed by atoms with Crippen molar-refractivity contribution in [2.75, 3.05) is 12.4 Å². The summed E-state index contributed by atoms with van der Waals surface area (Å²) >= 11 is 6.21. The molecule has 0 radical (unpaired) electrons. The number of rotatable bonds is 3. The van der Waals surface area contributed by atoms with E-state index in [1.165, 1.54) is 7.05 Å². The number of methoxy groups -OCH3 is 1. The molecule has 7 nitrogen and oxygen atoms in total. The standard InChI is InChI=1S/C28H23ClN4O3/c1-31-25-22(27(34)32(2)28(31)35)24(17-8-12-18(29)13-9-17)33-21-7-5-4-6-20(21)30-23(26(25)33)16-10-14-19(36-3)15-11-16/h4-15,23,30H,1-3H3. The largest absolute Gasteiger partial charge is 0.497 e. The number of nitrogens with one attached hydrogen (secondary N) is 1. The first-order chi connectivity index (χ1) is 17.4. The second-order valence-electron chi connectivity index (χ2n) is 8.87. The Morgan fingerprint density at radius 3 is 2.28 bits per heavy atom. The topological polar surface area (TPSA) is 70.2 Å². The van der Waals surface area contributed by atoms with E-state index in [2.05, 4.69) is 9.88 Å². The van der Waals surface area contributed by atoms with Crippen molar-refractivity contribution in [2.45, 2.75) is 6.04 Å². The fraction of sp³-hybridized carbons (Fsp3) is 0.143. The van der Waals surface area contributed by atoms with Crippen LogP contribution < -0.4 is 21.3 Å². The number of anilines is 1. The molecule has 1 N–H and O–H groups in total. The molecular formula is C28H23ClN4O3. The van der Waals surface area contributed by atoms with Crippen molar-refractivity contribution in [3.05, 3.63) is 110 Å². The van der Waals surface area contributed by atoms with Crippen molar-refractivity contribution in [3.63, 3.8) is 0 Å². The lowest BCUT2D eigenvalue weighted by Gasteiger charge is -2.31. The normalized spacial score (nSPS) is 14.3. The first kappa shape index (κ1) is 22.2. The Hall–Kier alpha value is -4.23. The summed E-state index contributed by atoms with van der Waals surface area (Å²) in [5.41, 5.74) is 5.03. The SMILES string of the molecule is COc1ccc(C2Nc3ccccc3-n3c(-c4ccc(Cl)cc4)c4c(=O)n(C)c(=O)n(C)c4c32)cc1. The van der Waals surface area contributed by atoms with Crippen LogP contribution in [0.5, 0.6) is 5.75 Å². The summed E-state index contributed by atoms with van der Waals surface area (Å²) in [6.45, 7) is 0. The molecule has 5 aromatic rings. The van der Waals surface area contributed by atoms with Gasteiger partial charge in [0.15, 0.2) is 0 Å². The van der Waals surface area contributed by atoms with Crippen LogP contribution in [0.1, 0.15) is 17.3 Å². The van der Waals surface area contributed by atoms with E-state index in [0.29, 0.717) is 15.9 Å².